The van der Waals surface area contributed by atoms with Crippen molar-refractivity contribution in [3.8, 4) is 0 Å². The van der Waals surface area contributed by atoms with E-state index in [1.807, 2.05) is 0 Å². The molecule has 0 heterocycles. The summed E-state index contributed by atoms with van der Waals surface area (Å²) in [5.74, 6) is -1.53. The van der Waals surface area contributed by atoms with Crippen molar-refractivity contribution in [3.63, 3.8) is 0 Å². The fourth-order valence-corrected chi connectivity index (χ4v) is 1.09. The molecule has 0 saturated carbocycles. The van der Waals surface area contributed by atoms with E-state index in [0.717, 1.165) is 0 Å². The van der Waals surface area contributed by atoms with Crippen molar-refractivity contribution >= 4 is 11.9 Å². The van der Waals surface area contributed by atoms with Gasteiger partial charge in [-0.1, -0.05) is 0 Å². The number of carbonyl (C=O) groups is 2. The number of carbonyl (C=O) groups excluding carboxylic acids is 1. The number of hydrogen-bond acceptors (Lipinski definition) is 5. The Morgan fingerprint density at radius 2 is 2.00 bits per heavy atom. The lowest BCUT2D eigenvalue weighted by Crippen LogP contribution is -2.47. The molecule has 0 aliphatic carbocycles. The number of ether oxygens (including phenoxy) is 1. The number of amides is 1. The third-order valence-corrected chi connectivity index (χ3v) is 1.76. The highest BCUT2D eigenvalue weighted by Crippen LogP contribution is 1.85. The first-order valence-corrected chi connectivity index (χ1v) is 4.85. The molecule has 0 saturated heterocycles. The van der Waals surface area contributed by atoms with Crippen LogP contribution in [0.1, 0.15) is 6.92 Å². The predicted molar refractivity (Wildman–Crippen MR) is 56.0 cm³/mol. The smallest absolute Gasteiger partial charge is 0.327 e. The maximum absolute atomic E-state index is 10.7. The molecule has 94 valence electrons. The van der Waals surface area contributed by atoms with Crippen molar-refractivity contribution < 1.29 is 24.5 Å². The molecular formula is C9H18N2O5. The SMILES string of the molecule is COCC(O)CNCC(NC(C)=O)C(=O)O. The van der Waals surface area contributed by atoms with Crippen molar-refractivity contribution in [2.75, 3.05) is 26.8 Å². The second kappa shape index (κ2) is 8.03. The molecule has 0 spiro atoms. The molecule has 1 amide bonds. The van der Waals surface area contributed by atoms with E-state index in [1.165, 1.54) is 14.0 Å². The molecule has 0 bridgehead atoms. The molecule has 2 atom stereocenters. The number of carboxylic acid groups (broad SMARTS) is 1. The lowest BCUT2D eigenvalue weighted by Gasteiger charge is -2.15. The van der Waals surface area contributed by atoms with Crippen LogP contribution in [0.3, 0.4) is 0 Å². The topological polar surface area (TPSA) is 108 Å². The van der Waals surface area contributed by atoms with Gasteiger partial charge in [0.15, 0.2) is 0 Å². The van der Waals surface area contributed by atoms with Crippen LogP contribution in [0, 0.1) is 0 Å². The summed E-state index contributed by atoms with van der Waals surface area (Å²) in [5, 5.41) is 23.0. The van der Waals surface area contributed by atoms with Crippen molar-refractivity contribution in [2.24, 2.45) is 0 Å². The molecule has 0 aliphatic heterocycles. The van der Waals surface area contributed by atoms with Crippen LogP contribution < -0.4 is 10.6 Å². The highest BCUT2D eigenvalue weighted by atomic mass is 16.5. The Kier molecular flexibility index (Phi) is 7.44. The summed E-state index contributed by atoms with van der Waals surface area (Å²) in [6.45, 7) is 1.67. The molecule has 0 aromatic heterocycles. The molecular weight excluding hydrogens is 216 g/mol. The summed E-state index contributed by atoms with van der Waals surface area (Å²) in [6, 6.07) is -0.993. The highest BCUT2D eigenvalue weighted by molar-refractivity contribution is 5.82. The molecule has 0 aromatic carbocycles. The number of rotatable bonds is 8. The van der Waals surface area contributed by atoms with Gasteiger partial charge in [-0.05, 0) is 0 Å². The van der Waals surface area contributed by atoms with Crippen molar-refractivity contribution in [3.05, 3.63) is 0 Å². The molecule has 2 unspecified atom stereocenters. The second-order valence-corrected chi connectivity index (χ2v) is 3.36. The maximum atomic E-state index is 10.7. The largest absolute Gasteiger partial charge is 0.480 e. The average molecular weight is 234 g/mol. The van der Waals surface area contributed by atoms with E-state index < -0.39 is 24.0 Å². The van der Waals surface area contributed by atoms with E-state index in [4.69, 9.17) is 9.84 Å². The summed E-state index contributed by atoms with van der Waals surface area (Å²) < 4.78 is 4.70. The number of aliphatic hydroxyl groups is 1. The van der Waals surface area contributed by atoms with Crippen LogP contribution >= 0.6 is 0 Å². The first-order chi connectivity index (χ1) is 7.47. The Morgan fingerprint density at radius 3 is 2.44 bits per heavy atom. The summed E-state index contributed by atoms with van der Waals surface area (Å²) in [4.78, 5) is 21.4. The fourth-order valence-electron chi connectivity index (χ4n) is 1.09. The normalized spacial score (nSPS) is 14.2. The van der Waals surface area contributed by atoms with Crippen LogP contribution in [0.4, 0.5) is 0 Å². The van der Waals surface area contributed by atoms with E-state index in [9.17, 15) is 14.7 Å². The number of aliphatic carboxylic acids is 1. The average Bonchev–Trinajstić information content (AvgIpc) is 2.15. The van der Waals surface area contributed by atoms with Gasteiger partial charge in [0.2, 0.25) is 5.91 Å². The zero-order chi connectivity index (χ0) is 12.6. The minimum atomic E-state index is -1.12. The van der Waals surface area contributed by atoms with Crippen molar-refractivity contribution in [2.45, 2.75) is 19.1 Å². The Morgan fingerprint density at radius 1 is 1.38 bits per heavy atom. The van der Waals surface area contributed by atoms with E-state index in [1.54, 1.807) is 0 Å². The molecule has 16 heavy (non-hydrogen) atoms. The lowest BCUT2D eigenvalue weighted by atomic mass is 10.2. The highest BCUT2D eigenvalue weighted by Gasteiger charge is 2.17. The van der Waals surface area contributed by atoms with Gasteiger partial charge in [-0.15, -0.1) is 0 Å². The quantitative estimate of drug-likeness (QED) is 0.393. The first-order valence-electron chi connectivity index (χ1n) is 4.85. The van der Waals surface area contributed by atoms with Crippen LogP contribution in [0.5, 0.6) is 0 Å². The Hall–Kier alpha value is -1.18. The van der Waals surface area contributed by atoms with Gasteiger partial charge >= 0.3 is 5.97 Å². The summed E-state index contributed by atoms with van der Waals surface area (Å²) in [5.41, 5.74) is 0. The number of hydrogen-bond donors (Lipinski definition) is 4. The van der Waals surface area contributed by atoms with E-state index in [0.29, 0.717) is 0 Å². The van der Waals surface area contributed by atoms with Gasteiger partial charge in [-0.25, -0.2) is 4.79 Å². The molecule has 0 aliphatic rings. The standard InChI is InChI=1S/C9H18N2O5/c1-6(12)11-8(9(14)15)4-10-3-7(13)5-16-2/h7-8,10,13H,3-5H2,1-2H3,(H,11,12)(H,14,15). The van der Waals surface area contributed by atoms with Gasteiger partial charge in [0, 0.05) is 27.1 Å². The molecule has 0 radical (unpaired) electrons. The van der Waals surface area contributed by atoms with Crippen LogP contribution in [-0.2, 0) is 14.3 Å². The summed E-state index contributed by atoms with van der Waals surface area (Å²) in [6.07, 6.45) is -0.697. The molecule has 0 fully saturated rings. The first kappa shape index (κ1) is 14.8. The van der Waals surface area contributed by atoms with Crippen LogP contribution in [0.25, 0.3) is 0 Å². The lowest BCUT2D eigenvalue weighted by molar-refractivity contribution is -0.141. The Bertz CT molecular complexity index is 234. The van der Waals surface area contributed by atoms with Crippen LogP contribution in [0.2, 0.25) is 0 Å². The third-order valence-electron chi connectivity index (χ3n) is 1.76. The van der Waals surface area contributed by atoms with Gasteiger partial charge in [-0.2, -0.15) is 0 Å². The van der Waals surface area contributed by atoms with E-state index in [2.05, 4.69) is 10.6 Å². The second-order valence-electron chi connectivity index (χ2n) is 3.36. The third kappa shape index (κ3) is 7.16. The zero-order valence-corrected chi connectivity index (χ0v) is 9.40. The van der Waals surface area contributed by atoms with E-state index in [-0.39, 0.29) is 19.7 Å². The maximum Gasteiger partial charge on any atom is 0.327 e. The number of carboxylic acids is 1. The number of nitrogens with one attached hydrogen (secondary N) is 2. The fraction of sp³-hybridized carbons (Fsp3) is 0.778. The molecule has 4 N–H and O–H groups in total. The van der Waals surface area contributed by atoms with Crippen LogP contribution in [-0.4, -0.2) is 61.0 Å². The van der Waals surface area contributed by atoms with Gasteiger partial charge in [0.25, 0.3) is 0 Å². The van der Waals surface area contributed by atoms with Crippen molar-refractivity contribution in [1.29, 1.82) is 0 Å². The monoisotopic (exact) mass is 234 g/mol. The minimum Gasteiger partial charge on any atom is -0.480 e. The van der Waals surface area contributed by atoms with E-state index >= 15 is 0 Å². The molecule has 7 nitrogen and oxygen atoms in total. The molecule has 0 rings (SSSR count). The minimum absolute atomic E-state index is 0.0513. The van der Waals surface area contributed by atoms with Gasteiger partial charge in [0.05, 0.1) is 12.7 Å². The Balaban J connectivity index is 3.84. The van der Waals surface area contributed by atoms with Crippen molar-refractivity contribution in [1.82, 2.24) is 10.6 Å². The van der Waals surface area contributed by atoms with Gasteiger partial charge in [0.1, 0.15) is 6.04 Å². The Labute approximate surface area is 93.8 Å². The van der Waals surface area contributed by atoms with Crippen LogP contribution in [0.15, 0.2) is 0 Å². The number of methoxy groups -OCH3 is 1. The van der Waals surface area contributed by atoms with Gasteiger partial charge in [-0.3, -0.25) is 4.79 Å². The van der Waals surface area contributed by atoms with Gasteiger partial charge < -0.3 is 25.6 Å². The summed E-state index contributed by atoms with van der Waals surface area (Å²) in [7, 11) is 1.46. The molecule has 0 aromatic rings. The summed E-state index contributed by atoms with van der Waals surface area (Å²) >= 11 is 0. The zero-order valence-electron chi connectivity index (χ0n) is 9.40. The number of aliphatic hydroxyl groups excluding tert-OH is 1. The predicted octanol–water partition coefficient (Wildman–Crippen LogP) is -1.83. The molecule has 7 heteroatoms.